The Bertz CT molecular complexity index is 565. The van der Waals surface area contributed by atoms with Crippen LogP contribution in [0.1, 0.15) is 445 Å². The minimum Gasteiger partial charge on any atom is -0.0776 e. The SMILES string of the molecule is C.C.C.C.C.C.C.C.C.C.CC.CC.CC.CC.CC.CC.CC.CC.CC.CC.CCC(C)(C)C.CCC(C)C.CCC(C)C.CCC1CC1.CCC1CCCCC1.CCCC.CCCCC.CCc1ccccc1. The number of aryl methyl sites for hydroxylation is 1. The van der Waals surface area contributed by atoms with E-state index in [-0.39, 0.29) is 74.3 Å². The van der Waals surface area contributed by atoms with Gasteiger partial charge in [-0.25, -0.2) is 0 Å². The second-order valence-electron chi connectivity index (χ2n) is 15.5. The van der Waals surface area contributed by atoms with Crippen LogP contribution in [0.25, 0.3) is 0 Å². The number of hydrogen-bond acceptors (Lipinski definition) is 0. The Morgan fingerprint density at radius 1 is 0.355 bits per heavy atom. The predicted molar refractivity (Wildman–Crippen MR) is 402 cm³/mol. The molecule has 0 spiro atoms. The Hall–Kier alpha value is -0.780. The van der Waals surface area contributed by atoms with Gasteiger partial charge in [-0.15, -0.1) is 0 Å². The van der Waals surface area contributed by atoms with Gasteiger partial charge >= 0.3 is 0 Å². The van der Waals surface area contributed by atoms with Crippen LogP contribution in [-0.4, -0.2) is 0 Å². The Kier molecular flexibility index (Phi) is 460. The van der Waals surface area contributed by atoms with Crippen molar-refractivity contribution in [2.45, 2.75) is 446 Å². The Labute approximate surface area is 508 Å². The van der Waals surface area contributed by atoms with Crippen LogP contribution >= 0.6 is 0 Å². The summed E-state index contributed by atoms with van der Waals surface area (Å²) in [6, 6.07) is 10.5. The molecule has 76 heavy (non-hydrogen) atoms. The van der Waals surface area contributed by atoms with Crippen molar-refractivity contribution in [2.24, 2.45) is 29.1 Å². The highest BCUT2D eigenvalue weighted by atomic mass is 14.2. The standard InChI is InChI=1S/C8H16.C8H10.C6H14.C5H10.3C5H12.C4H10.10C2H6.10CH4/c2*1-2-8-6-4-3-5-7-8;1-5-6(2,3)4;1-2-5-3-4-5;2*1-4-5(2)3;1-3-5-4-2;1-3-4-2;10*1-2;;;;;;;;;;/h8H,2-7H2,1H3;3-7H,2H2,1H3;5H2,1-4H3;5H,2-4H2,1H3;2*5H,4H2,1-3H3;3-5H2,1-2H3;3-4H2,1-2H3;10*1-2H3;10*1H4. The summed E-state index contributed by atoms with van der Waals surface area (Å²) < 4.78 is 0. The summed E-state index contributed by atoms with van der Waals surface area (Å²) in [5.41, 5.74) is 1.95. The lowest BCUT2D eigenvalue weighted by molar-refractivity contribution is 0.349. The third kappa shape index (κ3) is 326. The van der Waals surface area contributed by atoms with E-state index in [0.29, 0.717) is 5.41 Å². The van der Waals surface area contributed by atoms with Crippen LogP contribution in [0.2, 0.25) is 0 Å². The topological polar surface area (TPSA) is 0 Å². The number of unbranched alkanes of at least 4 members (excludes halogenated alkanes) is 3. The molecule has 0 N–H and O–H groups in total. The zero-order valence-corrected chi connectivity index (χ0v) is 55.9. The van der Waals surface area contributed by atoms with Gasteiger partial charge in [-0.1, -0.05) is 470 Å². The zero-order chi connectivity index (χ0) is 56.7. The fraction of sp³-hybridized carbons (Fsp3) is 0.921. The molecule has 0 aliphatic heterocycles. The van der Waals surface area contributed by atoms with E-state index in [1.165, 1.54) is 115 Å². The fourth-order valence-corrected chi connectivity index (χ4v) is 3.19. The molecule has 3 rings (SSSR count). The second kappa shape index (κ2) is 213. The third-order valence-corrected chi connectivity index (χ3v) is 8.73. The van der Waals surface area contributed by atoms with E-state index in [9.17, 15) is 0 Å². The van der Waals surface area contributed by atoms with Gasteiger partial charge in [0.1, 0.15) is 0 Å². The zero-order valence-electron chi connectivity index (χ0n) is 55.9. The van der Waals surface area contributed by atoms with Gasteiger partial charge in [0.15, 0.2) is 0 Å². The van der Waals surface area contributed by atoms with Crippen LogP contribution < -0.4 is 0 Å². The maximum Gasteiger partial charge on any atom is -0.0307 e. The molecule has 0 unspecified atom stereocenters. The van der Waals surface area contributed by atoms with E-state index in [2.05, 4.69) is 142 Å². The molecule has 0 radical (unpaired) electrons. The van der Waals surface area contributed by atoms with Crippen LogP contribution in [0.4, 0.5) is 0 Å². The minimum atomic E-state index is 0. The Balaban J connectivity index is -0.0000000160. The van der Waals surface area contributed by atoms with Crippen molar-refractivity contribution in [1.82, 2.24) is 0 Å². The van der Waals surface area contributed by atoms with Crippen LogP contribution in [-0.2, 0) is 6.42 Å². The Morgan fingerprint density at radius 2 is 0.566 bits per heavy atom. The molecule has 2 saturated carbocycles. The van der Waals surface area contributed by atoms with Crippen LogP contribution in [0.5, 0.6) is 0 Å². The highest BCUT2D eigenvalue weighted by molar-refractivity contribution is 5.13. The largest absolute Gasteiger partial charge is 0.0776 e. The van der Waals surface area contributed by atoms with E-state index in [4.69, 9.17) is 0 Å². The molecule has 0 nitrogen and oxygen atoms in total. The summed E-state index contributed by atoms with van der Waals surface area (Å²) in [6.45, 7) is 77.7. The van der Waals surface area contributed by atoms with Crippen molar-refractivity contribution in [3.8, 4) is 0 Å². The molecule has 0 atom stereocenters. The number of rotatable bonds is 8. The molecule has 2 aliphatic carbocycles. The Morgan fingerprint density at radius 3 is 0.645 bits per heavy atom. The first kappa shape index (κ1) is 164. The first-order valence-electron chi connectivity index (χ1n) is 30.8. The number of hydrogen-bond donors (Lipinski definition) is 0. The fourth-order valence-electron chi connectivity index (χ4n) is 3.19. The summed E-state index contributed by atoms with van der Waals surface area (Å²) in [5.74, 6) is 3.99. The molecule has 1 aromatic carbocycles. The molecule has 2 fully saturated rings. The summed E-state index contributed by atoms with van der Waals surface area (Å²) in [6.07, 6.45) is 25.1. The third-order valence-electron chi connectivity index (χ3n) is 8.73. The smallest absolute Gasteiger partial charge is 0.0307 e. The van der Waals surface area contributed by atoms with Gasteiger partial charge in [0, 0.05) is 0 Å². The van der Waals surface area contributed by atoms with Crippen molar-refractivity contribution in [3.05, 3.63) is 35.9 Å². The van der Waals surface area contributed by atoms with Gasteiger partial charge in [-0.2, -0.15) is 0 Å². The number of benzene rings is 1. The van der Waals surface area contributed by atoms with E-state index < -0.39 is 0 Å². The van der Waals surface area contributed by atoms with Crippen molar-refractivity contribution in [3.63, 3.8) is 0 Å². The second-order valence-corrected chi connectivity index (χ2v) is 15.5. The van der Waals surface area contributed by atoms with Crippen LogP contribution in [0.3, 0.4) is 0 Å². The van der Waals surface area contributed by atoms with Gasteiger partial charge in [0.2, 0.25) is 0 Å². The maximum atomic E-state index is 2.32. The molecular formula is C76H196. The van der Waals surface area contributed by atoms with Gasteiger partial charge in [-0.05, 0) is 41.1 Å². The predicted octanol–water partition coefficient (Wildman–Crippen LogP) is 34.2. The highest BCUT2D eigenvalue weighted by Crippen LogP contribution is 2.31. The van der Waals surface area contributed by atoms with E-state index in [1.807, 2.05) is 145 Å². The minimum absolute atomic E-state index is 0. The van der Waals surface area contributed by atoms with Crippen molar-refractivity contribution >= 4 is 0 Å². The van der Waals surface area contributed by atoms with E-state index >= 15 is 0 Å². The summed E-state index contributed by atoms with van der Waals surface area (Å²) in [4.78, 5) is 0. The first-order valence-corrected chi connectivity index (χ1v) is 30.8. The molecule has 0 saturated heterocycles. The van der Waals surface area contributed by atoms with Crippen molar-refractivity contribution in [1.29, 1.82) is 0 Å². The van der Waals surface area contributed by atoms with Crippen molar-refractivity contribution in [2.75, 3.05) is 0 Å². The van der Waals surface area contributed by atoms with Gasteiger partial charge in [0.25, 0.3) is 0 Å². The summed E-state index contributed by atoms with van der Waals surface area (Å²) >= 11 is 0. The summed E-state index contributed by atoms with van der Waals surface area (Å²) in [5, 5.41) is 0. The average molecular weight is 1110 g/mol. The highest BCUT2D eigenvalue weighted by Gasteiger charge is 2.17. The molecule has 2 aliphatic rings. The molecule has 0 amide bonds. The first-order chi connectivity index (χ1) is 31.7. The van der Waals surface area contributed by atoms with Gasteiger partial charge < -0.3 is 0 Å². The summed E-state index contributed by atoms with van der Waals surface area (Å²) in [7, 11) is 0. The van der Waals surface area contributed by atoms with Crippen LogP contribution in [0.15, 0.2) is 30.3 Å². The maximum absolute atomic E-state index is 2.32. The normalized spacial score (nSPS) is 8.93. The molecular weight excluding hydrogens is 913 g/mol. The van der Waals surface area contributed by atoms with Gasteiger partial charge in [0.05, 0.1) is 0 Å². The lowest BCUT2D eigenvalue weighted by Gasteiger charge is -2.18. The van der Waals surface area contributed by atoms with Crippen LogP contribution in [0, 0.1) is 29.1 Å². The monoisotopic (exact) mass is 1110 g/mol. The lowest BCUT2D eigenvalue weighted by Crippen LogP contribution is -2.03. The molecule has 500 valence electrons. The molecule has 1 aromatic rings. The van der Waals surface area contributed by atoms with Gasteiger partial charge in [-0.3, -0.25) is 0 Å². The molecule has 0 heteroatoms. The molecule has 0 aromatic heterocycles. The lowest BCUT2D eigenvalue weighted by atomic mass is 9.88. The van der Waals surface area contributed by atoms with E-state index in [0.717, 1.165) is 30.1 Å². The average Bonchev–Trinajstić information content (AvgIpc) is 4.27. The van der Waals surface area contributed by atoms with E-state index in [1.54, 1.807) is 0 Å². The molecule has 0 bridgehead atoms. The molecule has 0 heterocycles. The quantitative estimate of drug-likeness (QED) is 0.243. The van der Waals surface area contributed by atoms with Crippen molar-refractivity contribution < 1.29 is 0 Å².